The minimum atomic E-state index is -0.272. The van der Waals surface area contributed by atoms with Crippen molar-refractivity contribution in [3.8, 4) is 11.5 Å². The molecular formula is C15H15ClFNO. The van der Waals surface area contributed by atoms with Gasteiger partial charge in [-0.1, -0.05) is 17.7 Å². The number of hydrogen-bond donors (Lipinski definition) is 1. The van der Waals surface area contributed by atoms with Gasteiger partial charge in [0.1, 0.15) is 17.3 Å². The number of nitrogens with one attached hydrogen (secondary N) is 1. The minimum Gasteiger partial charge on any atom is -0.457 e. The maximum atomic E-state index is 13.1. The Labute approximate surface area is 117 Å². The molecule has 0 aliphatic carbocycles. The van der Waals surface area contributed by atoms with Crippen LogP contribution in [0.4, 0.5) is 4.39 Å². The first-order valence-electron chi connectivity index (χ1n) is 5.97. The Morgan fingerprint density at radius 2 is 1.95 bits per heavy atom. The van der Waals surface area contributed by atoms with E-state index >= 15 is 0 Å². The molecule has 19 heavy (non-hydrogen) atoms. The van der Waals surface area contributed by atoms with Crippen LogP contribution in [-0.4, -0.2) is 7.05 Å². The Balaban J connectivity index is 2.33. The van der Waals surface area contributed by atoms with E-state index in [2.05, 4.69) is 5.32 Å². The lowest BCUT2D eigenvalue weighted by Gasteiger charge is -2.13. The standard InChI is InChI=1S/C15H15ClFNO/c1-10-7-13(17)5-6-14(10)19-15-8-12(16)4-3-11(15)9-18-2/h3-8,18H,9H2,1-2H3. The van der Waals surface area contributed by atoms with Gasteiger partial charge in [0.25, 0.3) is 0 Å². The molecule has 0 atom stereocenters. The van der Waals surface area contributed by atoms with Crippen LogP contribution in [0.1, 0.15) is 11.1 Å². The molecule has 0 aliphatic rings. The van der Waals surface area contributed by atoms with E-state index in [4.69, 9.17) is 16.3 Å². The van der Waals surface area contributed by atoms with Crippen LogP contribution in [0.5, 0.6) is 11.5 Å². The van der Waals surface area contributed by atoms with Crippen molar-refractivity contribution in [2.45, 2.75) is 13.5 Å². The summed E-state index contributed by atoms with van der Waals surface area (Å²) in [4.78, 5) is 0. The van der Waals surface area contributed by atoms with E-state index in [1.54, 1.807) is 19.1 Å². The molecule has 0 spiro atoms. The van der Waals surface area contributed by atoms with Crippen LogP contribution in [0.25, 0.3) is 0 Å². The number of ether oxygens (including phenoxy) is 1. The van der Waals surface area contributed by atoms with E-state index in [0.29, 0.717) is 23.1 Å². The van der Waals surface area contributed by atoms with E-state index in [9.17, 15) is 4.39 Å². The maximum absolute atomic E-state index is 13.1. The smallest absolute Gasteiger partial charge is 0.133 e. The monoisotopic (exact) mass is 279 g/mol. The summed E-state index contributed by atoms with van der Waals surface area (Å²) in [5.74, 6) is 1.03. The lowest BCUT2D eigenvalue weighted by molar-refractivity contribution is 0.468. The zero-order valence-electron chi connectivity index (χ0n) is 10.8. The molecule has 0 heterocycles. The second-order valence-electron chi connectivity index (χ2n) is 4.29. The second kappa shape index (κ2) is 6.04. The predicted molar refractivity (Wildman–Crippen MR) is 75.4 cm³/mol. The van der Waals surface area contributed by atoms with E-state index < -0.39 is 0 Å². The fraction of sp³-hybridized carbons (Fsp3) is 0.200. The first kappa shape index (κ1) is 13.8. The summed E-state index contributed by atoms with van der Waals surface area (Å²) in [6.45, 7) is 2.48. The summed E-state index contributed by atoms with van der Waals surface area (Å²) in [5, 5.41) is 3.68. The normalized spacial score (nSPS) is 10.5. The molecule has 100 valence electrons. The molecule has 0 bridgehead atoms. The molecule has 4 heteroatoms. The zero-order chi connectivity index (χ0) is 13.8. The van der Waals surface area contributed by atoms with Crippen molar-refractivity contribution in [1.82, 2.24) is 5.32 Å². The van der Waals surface area contributed by atoms with Gasteiger partial charge in [0.05, 0.1) is 0 Å². The van der Waals surface area contributed by atoms with Gasteiger partial charge in [-0.15, -0.1) is 0 Å². The number of halogens is 2. The van der Waals surface area contributed by atoms with Gasteiger partial charge in [0.15, 0.2) is 0 Å². The topological polar surface area (TPSA) is 21.3 Å². The molecular weight excluding hydrogens is 265 g/mol. The van der Waals surface area contributed by atoms with Gasteiger partial charge in [-0.25, -0.2) is 4.39 Å². The van der Waals surface area contributed by atoms with Crippen LogP contribution in [-0.2, 0) is 6.54 Å². The fourth-order valence-corrected chi connectivity index (χ4v) is 1.97. The maximum Gasteiger partial charge on any atom is 0.133 e. The molecule has 2 aromatic carbocycles. The lowest BCUT2D eigenvalue weighted by atomic mass is 10.2. The highest BCUT2D eigenvalue weighted by atomic mass is 35.5. The molecule has 1 N–H and O–H groups in total. The molecule has 2 rings (SSSR count). The Hall–Kier alpha value is -1.58. The second-order valence-corrected chi connectivity index (χ2v) is 4.73. The molecule has 0 radical (unpaired) electrons. The van der Waals surface area contributed by atoms with E-state index in [1.165, 1.54) is 12.1 Å². The molecule has 0 saturated carbocycles. The summed E-state index contributed by atoms with van der Waals surface area (Å²) in [6.07, 6.45) is 0. The Kier molecular flexibility index (Phi) is 4.40. The molecule has 0 aromatic heterocycles. The third-order valence-electron chi connectivity index (χ3n) is 2.75. The van der Waals surface area contributed by atoms with Gasteiger partial charge < -0.3 is 10.1 Å². The van der Waals surface area contributed by atoms with Gasteiger partial charge in [0.2, 0.25) is 0 Å². The first-order chi connectivity index (χ1) is 9.10. The van der Waals surface area contributed by atoms with Gasteiger partial charge in [-0.05, 0) is 49.9 Å². The van der Waals surface area contributed by atoms with Crippen molar-refractivity contribution < 1.29 is 9.13 Å². The van der Waals surface area contributed by atoms with Gasteiger partial charge in [0, 0.05) is 17.1 Å². The molecule has 2 nitrogen and oxygen atoms in total. The van der Waals surface area contributed by atoms with Crippen LogP contribution < -0.4 is 10.1 Å². The van der Waals surface area contributed by atoms with Crippen molar-refractivity contribution in [2.75, 3.05) is 7.05 Å². The van der Waals surface area contributed by atoms with Gasteiger partial charge in [-0.2, -0.15) is 0 Å². The van der Waals surface area contributed by atoms with Crippen LogP contribution >= 0.6 is 11.6 Å². The Morgan fingerprint density at radius 3 is 2.63 bits per heavy atom. The van der Waals surface area contributed by atoms with Crippen LogP contribution in [0, 0.1) is 12.7 Å². The Morgan fingerprint density at radius 1 is 1.16 bits per heavy atom. The van der Waals surface area contributed by atoms with Crippen molar-refractivity contribution in [1.29, 1.82) is 0 Å². The van der Waals surface area contributed by atoms with Crippen molar-refractivity contribution in [2.24, 2.45) is 0 Å². The molecule has 0 amide bonds. The third kappa shape index (κ3) is 3.46. The number of aryl methyl sites for hydroxylation is 1. The summed E-state index contributed by atoms with van der Waals surface area (Å²) in [7, 11) is 1.86. The average Bonchev–Trinajstić information content (AvgIpc) is 2.36. The Bertz CT molecular complexity index is 586. The average molecular weight is 280 g/mol. The summed E-state index contributed by atoms with van der Waals surface area (Å²) in [5.41, 5.74) is 1.74. The zero-order valence-corrected chi connectivity index (χ0v) is 11.6. The van der Waals surface area contributed by atoms with Gasteiger partial charge in [-0.3, -0.25) is 0 Å². The summed E-state index contributed by atoms with van der Waals surface area (Å²) in [6, 6.07) is 9.93. The predicted octanol–water partition coefficient (Wildman–Crippen LogP) is 4.30. The molecule has 0 fully saturated rings. The van der Waals surface area contributed by atoms with Crippen molar-refractivity contribution in [3.63, 3.8) is 0 Å². The van der Waals surface area contributed by atoms with Crippen LogP contribution in [0.15, 0.2) is 36.4 Å². The summed E-state index contributed by atoms with van der Waals surface area (Å²) >= 11 is 5.99. The largest absolute Gasteiger partial charge is 0.457 e. The van der Waals surface area contributed by atoms with Crippen molar-refractivity contribution >= 4 is 11.6 Å². The number of rotatable bonds is 4. The van der Waals surface area contributed by atoms with E-state index in [1.807, 2.05) is 19.2 Å². The summed E-state index contributed by atoms with van der Waals surface area (Å²) < 4.78 is 18.9. The van der Waals surface area contributed by atoms with E-state index in [-0.39, 0.29) is 5.82 Å². The van der Waals surface area contributed by atoms with E-state index in [0.717, 1.165) is 11.1 Å². The van der Waals surface area contributed by atoms with Crippen LogP contribution in [0.2, 0.25) is 5.02 Å². The van der Waals surface area contributed by atoms with Crippen LogP contribution in [0.3, 0.4) is 0 Å². The third-order valence-corrected chi connectivity index (χ3v) is 2.99. The minimum absolute atomic E-state index is 0.272. The first-order valence-corrected chi connectivity index (χ1v) is 6.35. The number of benzene rings is 2. The van der Waals surface area contributed by atoms with Gasteiger partial charge >= 0.3 is 0 Å². The fourth-order valence-electron chi connectivity index (χ4n) is 1.81. The quantitative estimate of drug-likeness (QED) is 0.901. The molecule has 0 saturated heterocycles. The lowest BCUT2D eigenvalue weighted by Crippen LogP contribution is -2.06. The molecule has 2 aromatic rings. The number of hydrogen-bond acceptors (Lipinski definition) is 2. The highest BCUT2D eigenvalue weighted by Crippen LogP contribution is 2.30. The van der Waals surface area contributed by atoms with Crippen molar-refractivity contribution in [3.05, 3.63) is 58.4 Å². The SMILES string of the molecule is CNCc1ccc(Cl)cc1Oc1ccc(F)cc1C. The highest BCUT2D eigenvalue weighted by Gasteiger charge is 2.08. The molecule has 0 unspecified atom stereocenters. The highest BCUT2D eigenvalue weighted by molar-refractivity contribution is 6.30. The molecule has 0 aliphatic heterocycles.